The number of ether oxygens (including phenoxy) is 1. The van der Waals surface area contributed by atoms with Gasteiger partial charge < -0.3 is 9.84 Å². The highest BCUT2D eigenvalue weighted by molar-refractivity contribution is 5.78. The predicted octanol–water partition coefficient (Wildman–Crippen LogP) is 2.56. The van der Waals surface area contributed by atoms with Crippen LogP contribution in [0.2, 0.25) is 0 Å². The van der Waals surface area contributed by atoms with Crippen LogP contribution in [-0.4, -0.2) is 28.9 Å². The molecule has 2 aromatic rings. The Hall–Kier alpha value is -1.45. The second-order valence-corrected chi connectivity index (χ2v) is 4.43. The summed E-state index contributed by atoms with van der Waals surface area (Å²) in [6.07, 6.45) is -0.159. The number of rotatable bonds is 5. The van der Waals surface area contributed by atoms with Crippen LogP contribution in [0.25, 0.3) is 10.9 Å². The summed E-state index contributed by atoms with van der Waals surface area (Å²) in [5.74, 6) is 0. The number of aliphatic hydroxyl groups excluding tert-OH is 1. The van der Waals surface area contributed by atoms with E-state index in [9.17, 15) is 5.11 Å². The maximum atomic E-state index is 10.0. The summed E-state index contributed by atoms with van der Waals surface area (Å²) in [5.41, 5.74) is 1.86. The molecule has 1 aromatic heterocycles. The highest BCUT2D eigenvalue weighted by Crippen LogP contribution is 2.14. The van der Waals surface area contributed by atoms with E-state index in [1.807, 2.05) is 50.2 Å². The molecule has 0 spiro atoms. The maximum Gasteiger partial charge on any atom is 0.0854 e. The van der Waals surface area contributed by atoms with E-state index < -0.39 is 6.10 Å². The van der Waals surface area contributed by atoms with Crippen molar-refractivity contribution in [3.05, 3.63) is 42.1 Å². The van der Waals surface area contributed by atoms with Crippen LogP contribution in [0.4, 0.5) is 0 Å². The van der Waals surface area contributed by atoms with Crippen LogP contribution in [0.15, 0.2) is 36.4 Å². The fraction of sp³-hybridized carbons (Fsp3) is 0.400. The molecular formula is C15H19NO2. The van der Waals surface area contributed by atoms with Gasteiger partial charge in [0.15, 0.2) is 0 Å². The Morgan fingerprint density at radius 1 is 1.22 bits per heavy atom. The number of pyridine rings is 1. The lowest BCUT2D eigenvalue weighted by Crippen LogP contribution is -2.28. The molecule has 3 heteroatoms. The van der Waals surface area contributed by atoms with Crippen molar-refractivity contribution in [1.82, 2.24) is 4.98 Å². The van der Waals surface area contributed by atoms with Crippen molar-refractivity contribution in [3.63, 3.8) is 0 Å². The number of nitrogens with zero attached hydrogens (tertiary/aromatic N) is 1. The Morgan fingerprint density at radius 3 is 2.78 bits per heavy atom. The Balaban J connectivity index is 2.12. The molecule has 2 rings (SSSR count). The van der Waals surface area contributed by atoms with Crippen LogP contribution < -0.4 is 0 Å². The summed E-state index contributed by atoms with van der Waals surface area (Å²) in [6, 6.07) is 12.0. The van der Waals surface area contributed by atoms with Crippen LogP contribution in [0.3, 0.4) is 0 Å². The predicted molar refractivity (Wildman–Crippen MR) is 72.5 cm³/mol. The van der Waals surface area contributed by atoms with E-state index in [1.165, 1.54) is 0 Å². The average Bonchev–Trinajstić information content (AvgIpc) is 2.39. The standard InChI is InChI=1S/C15H19NO2/c1-3-18-11(2)15(17)10-13-9-8-12-6-4-5-7-14(12)16-13/h4-9,11,15,17H,3,10H2,1-2H3. The molecule has 2 atom stereocenters. The molecule has 0 bridgehead atoms. The molecular weight excluding hydrogens is 226 g/mol. The van der Waals surface area contributed by atoms with Crippen molar-refractivity contribution in [3.8, 4) is 0 Å². The number of benzene rings is 1. The van der Waals surface area contributed by atoms with Gasteiger partial charge in [-0.1, -0.05) is 24.3 Å². The average molecular weight is 245 g/mol. The van der Waals surface area contributed by atoms with Gasteiger partial charge in [-0.25, -0.2) is 0 Å². The molecule has 18 heavy (non-hydrogen) atoms. The molecule has 0 amide bonds. The molecule has 0 aliphatic carbocycles. The molecule has 0 fully saturated rings. The highest BCUT2D eigenvalue weighted by Gasteiger charge is 2.15. The number of aliphatic hydroxyl groups is 1. The molecule has 1 aromatic carbocycles. The third-order valence-corrected chi connectivity index (χ3v) is 3.05. The van der Waals surface area contributed by atoms with Gasteiger partial charge in [0.2, 0.25) is 0 Å². The van der Waals surface area contributed by atoms with E-state index in [0.717, 1.165) is 16.6 Å². The van der Waals surface area contributed by atoms with Crippen molar-refractivity contribution < 1.29 is 9.84 Å². The molecule has 3 nitrogen and oxygen atoms in total. The third kappa shape index (κ3) is 3.06. The first kappa shape index (κ1) is 13.0. The number of hydrogen-bond acceptors (Lipinski definition) is 3. The van der Waals surface area contributed by atoms with Gasteiger partial charge in [0.1, 0.15) is 0 Å². The summed E-state index contributed by atoms with van der Waals surface area (Å²) < 4.78 is 5.39. The van der Waals surface area contributed by atoms with E-state index in [-0.39, 0.29) is 6.10 Å². The molecule has 0 radical (unpaired) electrons. The zero-order chi connectivity index (χ0) is 13.0. The fourth-order valence-corrected chi connectivity index (χ4v) is 1.98. The minimum Gasteiger partial charge on any atom is -0.390 e. The number of para-hydroxylation sites is 1. The number of fused-ring (bicyclic) bond motifs is 1. The van der Waals surface area contributed by atoms with Crippen molar-refractivity contribution in [2.24, 2.45) is 0 Å². The maximum absolute atomic E-state index is 10.0. The van der Waals surface area contributed by atoms with E-state index in [0.29, 0.717) is 13.0 Å². The van der Waals surface area contributed by atoms with Crippen LogP contribution in [0.5, 0.6) is 0 Å². The zero-order valence-corrected chi connectivity index (χ0v) is 10.8. The van der Waals surface area contributed by atoms with Gasteiger partial charge in [-0.2, -0.15) is 0 Å². The van der Waals surface area contributed by atoms with Gasteiger partial charge in [0, 0.05) is 24.1 Å². The lowest BCUT2D eigenvalue weighted by atomic mass is 10.1. The van der Waals surface area contributed by atoms with Gasteiger partial charge in [-0.15, -0.1) is 0 Å². The molecule has 0 saturated carbocycles. The monoisotopic (exact) mass is 245 g/mol. The summed E-state index contributed by atoms with van der Waals surface area (Å²) in [7, 11) is 0. The molecule has 0 saturated heterocycles. The van der Waals surface area contributed by atoms with E-state index in [1.54, 1.807) is 0 Å². The summed E-state index contributed by atoms with van der Waals surface area (Å²) >= 11 is 0. The second-order valence-electron chi connectivity index (χ2n) is 4.43. The largest absolute Gasteiger partial charge is 0.390 e. The van der Waals surface area contributed by atoms with E-state index >= 15 is 0 Å². The van der Waals surface area contributed by atoms with Crippen LogP contribution in [0.1, 0.15) is 19.5 Å². The summed E-state index contributed by atoms with van der Waals surface area (Å²) in [5, 5.41) is 11.1. The van der Waals surface area contributed by atoms with Gasteiger partial charge in [0.25, 0.3) is 0 Å². The number of hydrogen-bond donors (Lipinski definition) is 1. The van der Waals surface area contributed by atoms with Gasteiger partial charge >= 0.3 is 0 Å². The van der Waals surface area contributed by atoms with Crippen LogP contribution in [-0.2, 0) is 11.2 Å². The lowest BCUT2D eigenvalue weighted by Gasteiger charge is -2.18. The Morgan fingerprint density at radius 2 is 2.00 bits per heavy atom. The van der Waals surface area contributed by atoms with E-state index in [2.05, 4.69) is 4.98 Å². The molecule has 1 N–H and O–H groups in total. The molecule has 0 aliphatic rings. The fourth-order valence-electron chi connectivity index (χ4n) is 1.98. The Kier molecular flexibility index (Phi) is 4.28. The zero-order valence-electron chi connectivity index (χ0n) is 10.8. The van der Waals surface area contributed by atoms with Crippen molar-refractivity contribution >= 4 is 10.9 Å². The quantitative estimate of drug-likeness (QED) is 0.880. The lowest BCUT2D eigenvalue weighted by molar-refractivity contribution is -0.0211. The first-order valence-electron chi connectivity index (χ1n) is 6.35. The van der Waals surface area contributed by atoms with Gasteiger partial charge in [-0.05, 0) is 26.0 Å². The molecule has 1 heterocycles. The number of aromatic nitrogens is 1. The minimum absolute atomic E-state index is 0.164. The minimum atomic E-state index is -0.515. The first-order valence-corrected chi connectivity index (χ1v) is 6.35. The highest BCUT2D eigenvalue weighted by atomic mass is 16.5. The summed E-state index contributed by atoms with van der Waals surface area (Å²) in [6.45, 7) is 4.43. The smallest absolute Gasteiger partial charge is 0.0854 e. The second kappa shape index (κ2) is 5.94. The van der Waals surface area contributed by atoms with Crippen molar-refractivity contribution in [1.29, 1.82) is 0 Å². The molecule has 96 valence electrons. The normalized spacial score (nSPS) is 14.6. The molecule has 2 unspecified atom stereocenters. The van der Waals surface area contributed by atoms with Crippen LogP contribution in [0, 0.1) is 0 Å². The molecule has 0 aliphatic heterocycles. The van der Waals surface area contributed by atoms with Crippen molar-refractivity contribution in [2.45, 2.75) is 32.5 Å². The SMILES string of the molecule is CCOC(C)C(O)Cc1ccc2ccccc2n1. The van der Waals surface area contributed by atoms with Gasteiger partial charge in [0.05, 0.1) is 17.7 Å². The van der Waals surface area contributed by atoms with Gasteiger partial charge in [-0.3, -0.25) is 4.98 Å². The van der Waals surface area contributed by atoms with Crippen molar-refractivity contribution in [2.75, 3.05) is 6.61 Å². The summed E-state index contributed by atoms with van der Waals surface area (Å²) in [4.78, 5) is 4.54. The first-order chi connectivity index (χ1) is 8.70. The Bertz CT molecular complexity index is 513. The van der Waals surface area contributed by atoms with Crippen LogP contribution >= 0.6 is 0 Å². The van der Waals surface area contributed by atoms with E-state index in [4.69, 9.17) is 4.74 Å². The Labute approximate surface area is 107 Å². The third-order valence-electron chi connectivity index (χ3n) is 3.05. The topological polar surface area (TPSA) is 42.4 Å².